The monoisotopic (exact) mass is 334 g/mol. The van der Waals surface area contributed by atoms with Crippen LogP contribution in [0.2, 0.25) is 0 Å². The average Bonchev–Trinajstić information content (AvgIpc) is 2.47. The standard InChI is InChI=1S/C19H26O5/c1-5-7-13(20)15-17(22)12(10-9-11(3)4)18(23)16(19(15)24)14(21)8-6-2/h9,22-24H,5-8,10H2,1-4H3. The topological polar surface area (TPSA) is 94.8 Å². The number of aromatic hydroxyl groups is 3. The average molecular weight is 334 g/mol. The fraction of sp³-hybridized carbons (Fsp3) is 0.474. The molecule has 24 heavy (non-hydrogen) atoms. The minimum Gasteiger partial charge on any atom is -0.507 e. The van der Waals surface area contributed by atoms with Crippen molar-refractivity contribution >= 4 is 11.6 Å². The number of carbonyl (C=O) groups is 2. The number of hydrogen-bond donors (Lipinski definition) is 3. The van der Waals surface area contributed by atoms with Crippen LogP contribution >= 0.6 is 0 Å². The zero-order chi connectivity index (χ0) is 18.4. The maximum atomic E-state index is 12.3. The van der Waals surface area contributed by atoms with Crippen molar-refractivity contribution in [3.05, 3.63) is 28.3 Å². The van der Waals surface area contributed by atoms with E-state index in [2.05, 4.69) is 0 Å². The van der Waals surface area contributed by atoms with Gasteiger partial charge in [-0.3, -0.25) is 9.59 Å². The van der Waals surface area contributed by atoms with E-state index in [1.165, 1.54) is 0 Å². The Kier molecular flexibility index (Phi) is 7.01. The summed E-state index contributed by atoms with van der Waals surface area (Å²) in [6.45, 7) is 7.33. The highest BCUT2D eigenvalue weighted by Crippen LogP contribution is 2.43. The summed E-state index contributed by atoms with van der Waals surface area (Å²) in [5, 5.41) is 31.2. The largest absolute Gasteiger partial charge is 0.507 e. The van der Waals surface area contributed by atoms with Crippen LogP contribution in [0.4, 0.5) is 0 Å². The van der Waals surface area contributed by atoms with Crippen molar-refractivity contribution in [2.24, 2.45) is 0 Å². The van der Waals surface area contributed by atoms with Crippen LogP contribution in [-0.4, -0.2) is 26.9 Å². The highest BCUT2D eigenvalue weighted by atomic mass is 16.3. The van der Waals surface area contributed by atoms with Gasteiger partial charge < -0.3 is 15.3 Å². The summed E-state index contributed by atoms with van der Waals surface area (Å²) >= 11 is 0. The van der Waals surface area contributed by atoms with E-state index in [0.717, 1.165) is 5.57 Å². The summed E-state index contributed by atoms with van der Waals surface area (Å²) in [4.78, 5) is 24.6. The zero-order valence-corrected chi connectivity index (χ0v) is 14.8. The summed E-state index contributed by atoms with van der Waals surface area (Å²) in [7, 11) is 0. The molecule has 5 heteroatoms. The number of phenols is 3. The van der Waals surface area contributed by atoms with Crippen molar-refractivity contribution in [2.45, 2.75) is 59.8 Å². The molecular formula is C19H26O5. The third-order valence-electron chi connectivity index (χ3n) is 3.75. The van der Waals surface area contributed by atoms with Crippen molar-refractivity contribution in [3.8, 4) is 17.2 Å². The molecule has 5 nitrogen and oxygen atoms in total. The van der Waals surface area contributed by atoms with E-state index in [1.807, 2.05) is 13.8 Å². The van der Waals surface area contributed by atoms with Gasteiger partial charge in [-0.1, -0.05) is 25.5 Å². The van der Waals surface area contributed by atoms with Crippen LogP contribution in [0.15, 0.2) is 11.6 Å². The highest BCUT2D eigenvalue weighted by Gasteiger charge is 2.29. The predicted molar refractivity (Wildman–Crippen MR) is 93.0 cm³/mol. The molecule has 0 aliphatic heterocycles. The molecule has 0 saturated heterocycles. The van der Waals surface area contributed by atoms with E-state index in [0.29, 0.717) is 12.8 Å². The lowest BCUT2D eigenvalue weighted by molar-refractivity contribution is 0.0973. The number of ketones is 2. The molecule has 0 spiro atoms. The summed E-state index contributed by atoms with van der Waals surface area (Å²) < 4.78 is 0. The molecule has 1 rings (SSSR count). The third-order valence-corrected chi connectivity index (χ3v) is 3.75. The minimum atomic E-state index is -0.622. The van der Waals surface area contributed by atoms with Crippen LogP contribution in [0.3, 0.4) is 0 Å². The lowest BCUT2D eigenvalue weighted by Crippen LogP contribution is -2.08. The number of carbonyl (C=O) groups excluding carboxylic acids is 2. The van der Waals surface area contributed by atoms with Gasteiger partial charge in [-0.2, -0.15) is 0 Å². The Labute approximate surface area is 142 Å². The van der Waals surface area contributed by atoms with E-state index in [1.54, 1.807) is 19.9 Å². The smallest absolute Gasteiger partial charge is 0.170 e. The van der Waals surface area contributed by atoms with Crippen molar-refractivity contribution in [2.75, 3.05) is 0 Å². The van der Waals surface area contributed by atoms with E-state index in [4.69, 9.17) is 0 Å². The molecule has 1 aromatic carbocycles. The van der Waals surface area contributed by atoms with E-state index >= 15 is 0 Å². The molecule has 0 amide bonds. The number of rotatable bonds is 8. The number of allylic oxidation sites excluding steroid dienone is 2. The molecule has 0 bridgehead atoms. The second-order valence-electron chi connectivity index (χ2n) is 6.11. The normalized spacial score (nSPS) is 10.5. The van der Waals surface area contributed by atoms with Crippen molar-refractivity contribution in [1.82, 2.24) is 0 Å². The zero-order valence-electron chi connectivity index (χ0n) is 14.8. The summed E-state index contributed by atoms with van der Waals surface area (Å²) in [6, 6.07) is 0. The first-order valence-electron chi connectivity index (χ1n) is 8.25. The molecule has 3 N–H and O–H groups in total. The number of benzene rings is 1. The molecule has 1 aromatic rings. The molecule has 0 aliphatic rings. The molecule has 0 fully saturated rings. The van der Waals surface area contributed by atoms with Gasteiger partial charge in [-0.25, -0.2) is 0 Å². The van der Waals surface area contributed by atoms with Gasteiger partial charge in [-0.05, 0) is 33.1 Å². The summed E-state index contributed by atoms with van der Waals surface area (Å²) in [5.74, 6) is -2.42. The summed E-state index contributed by atoms with van der Waals surface area (Å²) in [5.41, 5.74) is 0.509. The minimum absolute atomic E-state index is 0.0907. The Morgan fingerprint density at radius 2 is 1.25 bits per heavy atom. The number of phenolic OH excluding ortho intramolecular Hbond substituents is 3. The first-order valence-corrected chi connectivity index (χ1v) is 8.25. The van der Waals surface area contributed by atoms with Gasteiger partial charge in [0.25, 0.3) is 0 Å². The molecular weight excluding hydrogens is 308 g/mol. The second kappa shape index (κ2) is 8.52. The van der Waals surface area contributed by atoms with Crippen LogP contribution in [0.5, 0.6) is 17.2 Å². The van der Waals surface area contributed by atoms with Gasteiger partial charge in [-0.15, -0.1) is 0 Å². The second-order valence-corrected chi connectivity index (χ2v) is 6.11. The Hall–Kier alpha value is -2.30. The maximum absolute atomic E-state index is 12.3. The van der Waals surface area contributed by atoms with E-state index in [9.17, 15) is 24.9 Å². The summed E-state index contributed by atoms with van der Waals surface area (Å²) in [6.07, 6.45) is 3.29. The molecule has 0 aromatic heterocycles. The Morgan fingerprint density at radius 3 is 1.58 bits per heavy atom. The van der Waals surface area contributed by atoms with Gasteiger partial charge in [0.05, 0.1) is 0 Å². The number of Topliss-reactive ketones (excluding diaryl/α,β-unsaturated/α-hetero) is 2. The molecule has 0 saturated carbocycles. The van der Waals surface area contributed by atoms with Crippen LogP contribution in [0.1, 0.15) is 79.7 Å². The maximum Gasteiger partial charge on any atom is 0.170 e. The van der Waals surface area contributed by atoms with Gasteiger partial charge >= 0.3 is 0 Å². The Balaban J connectivity index is 3.67. The Morgan fingerprint density at radius 1 is 0.833 bits per heavy atom. The fourth-order valence-corrected chi connectivity index (χ4v) is 2.50. The molecule has 0 unspecified atom stereocenters. The quantitative estimate of drug-likeness (QED) is 0.487. The molecule has 0 heterocycles. The highest BCUT2D eigenvalue weighted by molar-refractivity contribution is 6.09. The lowest BCUT2D eigenvalue weighted by Gasteiger charge is -2.16. The van der Waals surface area contributed by atoms with Crippen LogP contribution in [-0.2, 0) is 6.42 Å². The fourth-order valence-electron chi connectivity index (χ4n) is 2.50. The SMILES string of the molecule is CCCC(=O)c1c(O)c(CC=C(C)C)c(O)c(C(=O)CCC)c1O. The Bertz CT molecular complexity index is 622. The third kappa shape index (κ3) is 4.16. The van der Waals surface area contributed by atoms with Gasteiger partial charge in [0, 0.05) is 18.4 Å². The molecule has 132 valence electrons. The van der Waals surface area contributed by atoms with Crippen LogP contribution in [0.25, 0.3) is 0 Å². The van der Waals surface area contributed by atoms with E-state index < -0.39 is 28.8 Å². The van der Waals surface area contributed by atoms with Crippen LogP contribution in [0, 0.1) is 0 Å². The van der Waals surface area contributed by atoms with Gasteiger partial charge in [0.15, 0.2) is 11.6 Å². The molecule has 0 atom stereocenters. The first-order chi connectivity index (χ1) is 11.3. The van der Waals surface area contributed by atoms with Gasteiger partial charge in [0.2, 0.25) is 0 Å². The first kappa shape index (κ1) is 19.7. The number of hydrogen-bond acceptors (Lipinski definition) is 5. The lowest BCUT2D eigenvalue weighted by atomic mass is 9.91. The van der Waals surface area contributed by atoms with Gasteiger partial charge in [0.1, 0.15) is 28.4 Å². The molecule has 0 aliphatic carbocycles. The van der Waals surface area contributed by atoms with Crippen molar-refractivity contribution < 1.29 is 24.9 Å². The van der Waals surface area contributed by atoms with E-state index in [-0.39, 0.29) is 36.0 Å². The van der Waals surface area contributed by atoms with Crippen molar-refractivity contribution in [3.63, 3.8) is 0 Å². The molecule has 0 radical (unpaired) electrons. The van der Waals surface area contributed by atoms with Crippen molar-refractivity contribution in [1.29, 1.82) is 0 Å². The van der Waals surface area contributed by atoms with Crippen LogP contribution < -0.4 is 0 Å². The predicted octanol–water partition coefficient (Wildman–Crippen LogP) is 4.28.